The molecule has 3 atom stereocenters. The van der Waals surface area contributed by atoms with Crippen LogP contribution in [0.25, 0.3) is 0 Å². The number of carbonyl (C=O) groups is 3. The SMILES string of the molecule is O=C(CN1C(=O)[C@@H]2CC=CC[C@H]2C1=O)N[C@H]1CCCc2ccccc21. The maximum atomic E-state index is 12.5. The molecule has 0 saturated carbocycles. The molecule has 3 amide bonds. The number of amides is 3. The molecule has 0 unspecified atom stereocenters. The van der Waals surface area contributed by atoms with Gasteiger partial charge < -0.3 is 5.32 Å². The molecular formula is C20H22N2O3. The lowest BCUT2D eigenvalue weighted by atomic mass is 9.85. The number of rotatable bonds is 3. The summed E-state index contributed by atoms with van der Waals surface area (Å²) in [5.74, 6) is -1.20. The van der Waals surface area contributed by atoms with Crippen LogP contribution in [0.4, 0.5) is 0 Å². The Morgan fingerprint density at radius 1 is 1.08 bits per heavy atom. The number of benzene rings is 1. The van der Waals surface area contributed by atoms with E-state index in [0.29, 0.717) is 12.8 Å². The van der Waals surface area contributed by atoms with Crippen molar-refractivity contribution in [2.75, 3.05) is 6.54 Å². The van der Waals surface area contributed by atoms with Crippen LogP contribution in [-0.2, 0) is 20.8 Å². The number of likely N-dealkylation sites (tertiary alicyclic amines) is 1. The fourth-order valence-electron chi connectivity index (χ4n) is 4.31. The van der Waals surface area contributed by atoms with Crippen LogP contribution in [0.15, 0.2) is 36.4 Å². The lowest BCUT2D eigenvalue weighted by molar-refractivity contribution is -0.143. The quantitative estimate of drug-likeness (QED) is 0.678. The van der Waals surface area contributed by atoms with Crippen LogP contribution in [0, 0.1) is 11.8 Å². The Balaban J connectivity index is 1.43. The lowest BCUT2D eigenvalue weighted by Crippen LogP contribution is -2.42. The largest absolute Gasteiger partial charge is 0.348 e. The van der Waals surface area contributed by atoms with Crippen molar-refractivity contribution in [3.05, 3.63) is 47.5 Å². The third-order valence-electron chi connectivity index (χ3n) is 5.61. The summed E-state index contributed by atoms with van der Waals surface area (Å²) < 4.78 is 0. The molecule has 1 N–H and O–H groups in total. The van der Waals surface area contributed by atoms with Gasteiger partial charge in [-0.15, -0.1) is 0 Å². The molecule has 1 fully saturated rings. The molecule has 0 spiro atoms. The van der Waals surface area contributed by atoms with Gasteiger partial charge in [0.15, 0.2) is 0 Å². The molecule has 5 nitrogen and oxygen atoms in total. The fourth-order valence-corrected chi connectivity index (χ4v) is 4.31. The molecule has 0 bridgehead atoms. The predicted molar refractivity (Wildman–Crippen MR) is 92.3 cm³/mol. The van der Waals surface area contributed by atoms with Gasteiger partial charge in [-0.25, -0.2) is 0 Å². The van der Waals surface area contributed by atoms with Crippen molar-refractivity contribution in [3.63, 3.8) is 0 Å². The van der Waals surface area contributed by atoms with Crippen molar-refractivity contribution in [3.8, 4) is 0 Å². The monoisotopic (exact) mass is 338 g/mol. The molecule has 1 aliphatic heterocycles. The Morgan fingerprint density at radius 3 is 2.48 bits per heavy atom. The summed E-state index contributed by atoms with van der Waals surface area (Å²) in [5, 5.41) is 3.02. The van der Waals surface area contributed by atoms with Gasteiger partial charge in [-0.05, 0) is 43.2 Å². The number of hydrogen-bond acceptors (Lipinski definition) is 3. The van der Waals surface area contributed by atoms with E-state index in [9.17, 15) is 14.4 Å². The van der Waals surface area contributed by atoms with Crippen molar-refractivity contribution < 1.29 is 14.4 Å². The van der Waals surface area contributed by atoms with E-state index >= 15 is 0 Å². The highest BCUT2D eigenvalue weighted by atomic mass is 16.2. The first-order valence-electron chi connectivity index (χ1n) is 9.02. The minimum atomic E-state index is -0.277. The van der Waals surface area contributed by atoms with E-state index in [2.05, 4.69) is 11.4 Å². The van der Waals surface area contributed by atoms with E-state index < -0.39 is 0 Å². The second-order valence-corrected chi connectivity index (χ2v) is 7.13. The Kier molecular flexibility index (Phi) is 4.15. The number of aryl methyl sites for hydroxylation is 1. The normalized spacial score (nSPS) is 27.8. The minimum Gasteiger partial charge on any atom is -0.348 e. The third-order valence-corrected chi connectivity index (χ3v) is 5.61. The Labute approximate surface area is 147 Å². The second kappa shape index (κ2) is 6.47. The van der Waals surface area contributed by atoms with Gasteiger partial charge in [0.1, 0.15) is 6.54 Å². The highest BCUT2D eigenvalue weighted by molar-refractivity contribution is 6.07. The van der Waals surface area contributed by atoms with Crippen molar-refractivity contribution in [1.82, 2.24) is 10.2 Å². The topological polar surface area (TPSA) is 66.5 Å². The number of allylic oxidation sites excluding steroid dienone is 2. The molecule has 1 aromatic rings. The van der Waals surface area contributed by atoms with E-state index in [1.54, 1.807) is 0 Å². The molecule has 0 aromatic heterocycles. The first-order chi connectivity index (χ1) is 12.1. The summed E-state index contributed by atoms with van der Waals surface area (Å²) in [7, 11) is 0. The summed E-state index contributed by atoms with van der Waals surface area (Å²) in [6.45, 7) is -0.163. The fraction of sp³-hybridized carbons (Fsp3) is 0.450. The molecule has 5 heteroatoms. The van der Waals surface area contributed by atoms with Crippen LogP contribution in [0.2, 0.25) is 0 Å². The van der Waals surface area contributed by atoms with E-state index in [4.69, 9.17) is 0 Å². The van der Waals surface area contributed by atoms with Crippen LogP contribution in [-0.4, -0.2) is 29.2 Å². The Morgan fingerprint density at radius 2 is 1.76 bits per heavy atom. The molecule has 25 heavy (non-hydrogen) atoms. The summed E-state index contributed by atoms with van der Waals surface area (Å²) in [5.41, 5.74) is 2.42. The van der Waals surface area contributed by atoms with Crippen molar-refractivity contribution in [2.45, 2.75) is 38.1 Å². The van der Waals surface area contributed by atoms with E-state index in [1.165, 1.54) is 5.56 Å². The Hall–Kier alpha value is -2.43. The molecule has 4 rings (SSSR count). The highest BCUT2D eigenvalue weighted by Crippen LogP contribution is 2.35. The number of hydrogen-bond donors (Lipinski definition) is 1. The van der Waals surface area contributed by atoms with Gasteiger partial charge in [0, 0.05) is 0 Å². The summed E-state index contributed by atoms with van der Waals surface area (Å²) >= 11 is 0. The molecule has 1 saturated heterocycles. The lowest BCUT2D eigenvalue weighted by Gasteiger charge is -2.27. The maximum Gasteiger partial charge on any atom is 0.240 e. The van der Waals surface area contributed by atoms with Gasteiger partial charge >= 0.3 is 0 Å². The Bertz CT molecular complexity index is 729. The van der Waals surface area contributed by atoms with Crippen molar-refractivity contribution in [1.29, 1.82) is 0 Å². The number of fused-ring (bicyclic) bond motifs is 2. The molecule has 1 heterocycles. The zero-order chi connectivity index (χ0) is 17.4. The standard InChI is InChI=1S/C20H22N2O3/c23-18(21-17-11-5-7-13-6-1-2-8-14(13)17)12-22-19(24)15-9-3-4-10-16(15)20(22)25/h1-4,6,8,15-17H,5,7,9-12H2,(H,21,23)/t15-,16-,17+/m1/s1. The maximum absolute atomic E-state index is 12.5. The predicted octanol–water partition coefficient (Wildman–Crippen LogP) is 2.13. The average molecular weight is 338 g/mol. The smallest absolute Gasteiger partial charge is 0.240 e. The highest BCUT2D eigenvalue weighted by Gasteiger charge is 2.47. The van der Waals surface area contributed by atoms with Crippen molar-refractivity contribution in [2.24, 2.45) is 11.8 Å². The summed E-state index contributed by atoms with van der Waals surface area (Å²) in [6, 6.07) is 8.11. The number of imide groups is 1. The summed E-state index contributed by atoms with van der Waals surface area (Å²) in [6.07, 6.45) is 8.05. The first kappa shape index (κ1) is 16.1. The van der Waals surface area contributed by atoms with Gasteiger partial charge in [-0.2, -0.15) is 0 Å². The van der Waals surface area contributed by atoms with E-state index in [1.807, 2.05) is 30.4 Å². The number of nitrogens with one attached hydrogen (secondary N) is 1. The average Bonchev–Trinajstić information content (AvgIpc) is 2.87. The van der Waals surface area contributed by atoms with Crippen LogP contribution >= 0.6 is 0 Å². The van der Waals surface area contributed by atoms with Crippen LogP contribution in [0.5, 0.6) is 0 Å². The number of nitrogens with zero attached hydrogens (tertiary/aromatic N) is 1. The van der Waals surface area contributed by atoms with E-state index in [0.717, 1.165) is 29.7 Å². The van der Waals surface area contributed by atoms with Crippen LogP contribution < -0.4 is 5.32 Å². The first-order valence-corrected chi connectivity index (χ1v) is 9.02. The molecule has 1 aromatic carbocycles. The summed E-state index contributed by atoms with van der Waals surface area (Å²) in [4.78, 5) is 38.6. The third kappa shape index (κ3) is 2.88. The van der Waals surface area contributed by atoms with Gasteiger partial charge in [0.05, 0.1) is 17.9 Å². The van der Waals surface area contributed by atoms with Gasteiger partial charge in [-0.3, -0.25) is 19.3 Å². The molecule has 3 aliphatic rings. The van der Waals surface area contributed by atoms with Gasteiger partial charge in [0.25, 0.3) is 0 Å². The van der Waals surface area contributed by atoms with Gasteiger partial charge in [0.2, 0.25) is 17.7 Å². The molecule has 2 aliphatic carbocycles. The second-order valence-electron chi connectivity index (χ2n) is 7.13. The zero-order valence-electron chi connectivity index (χ0n) is 14.1. The van der Waals surface area contributed by atoms with Crippen LogP contribution in [0.3, 0.4) is 0 Å². The molecule has 130 valence electrons. The van der Waals surface area contributed by atoms with E-state index in [-0.39, 0.29) is 42.1 Å². The molecular weight excluding hydrogens is 316 g/mol. The van der Waals surface area contributed by atoms with Crippen LogP contribution in [0.1, 0.15) is 42.9 Å². The number of carbonyl (C=O) groups excluding carboxylic acids is 3. The minimum absolute atomic E-state index is 0.0331. The molecule has 0 radical (unpaired) electrons. The van der Waals surface area contributed by atoms with Crippen molar-refractivity contribution >= 4 is 17.7 Å². The zero-order valence-corrected chi connectivity index (χ0v) is 14.1. The van der Waals surface area contributed by atoms with Gasteiger partial charge in [-0.1, -0.05) is 36.4 Å².